The van der Waals surface area contributed by atoms with Gasteiger partial charge >= 0.3 is 0 Å². The molecule has 78 valence electrons. The molecule has 1 unspecified atom stereocenters. The van der Waals surface area contributed by atoms with Gasteiger partial charge in [0.15, 0.2) is 0 Å². The first-order chi connectivity index (χ1) is 6.63. The Morgan fingerprint density at radius 1 is 1.29 bits per heavy atom. The molecule has 5 heteroatoms. The van der Waals surface area contributed by atoms with Crippen molar-refractivity contribution in [2.75, 3.05) is 10.5 Å². The van der Waals surface area contributed by atoms with Crippen molar-refractivity contribution in [2.24, 2.45) is 0 Å². The van der Waals surface area contributed by atoms with E-state index in [2.05, 4.69) is 5.32 Å². The highest BCUT2D eigenvalue weighted by molar-refractivity contribution is 5.52. The van der Waals surface area contributed by atoms with Crippen molar-refractivity contribution in [3.8, 4) is 0 Å². The number of benzene rings is 1. The molecule has 0 heterocycles. The van der Waals surface area contributed by atoms with Gasteiger partial charge in [-0.05, 0) is 30.7 Å². The highest BCUT2D eigenvalue weighted by Gasteiger charge is 2.01. The van der Waals surface area contributed by atoms with E-state index in [9.17, 15) is 5.11 Å². The first-order valence-electron chi connectivity index (χ1n) is 4.36. The zero-order chi connectivity index (χ0) is 10.6. The minimum atomic E-state index is -0.583. The molecule has 5 nitrogen and oxygen atoms in total. The van der Waals surface area contributed by atoms with E-state index in [1.165, 1.54) is 12.1 Å². The fourth-order valence-electron chi connectivity index (χ4n) is 0.985. The molecule has 0 saturated carbocycles. The Hall–Kier alpha value is -1.30. The lowest BCUT2D eigenvalue weighted by molar-refractivity contribution is 0.0292. The fraction of sp³-hybridized carbons (Fsp3) is 0.333. The number of aliphatic hydroxyl groups excluding tert-OH is 1. The standard InChI is InChI=1S/C9H14N2O3/c1-2-9(12)10-7-3-5-8(6-4-7)11(13)14/h3-6,9-10,12-14H,2H2,1H3. The summed E-state index contributed by atoms with van der Waals surface area (Å²) in [6.45, 7) is 1.86. The molecule has 0 aromatic heterocycles. The maximum absolute atomic E-state index is 9.27. The zero-order valence-corrected chi connectivity index (χ0v) is 7.88. The molecule has 0 aliphatic carbocycles. The van der Waals surface area contributed by atoms with E-state index >= 15 is 0 Å². The van der Waals surface area contributed by atoms with Crippen LogP contribution in [-0.4, -0.2) is 21.7 Å². The SMILES string of the molecule is CCC(O)Nc1ccc(N(O)O)cc1. The van der Waals surface area contributed by atoms with Crippen LogP contribution in [0.5, 0.6) is 0 Å². The van der Waals surface area contributed by atoms with Crippen molar-refractivity contribution in [3.05, 3.63) is 24.3 Å². The molecule has 1 rings (SSSR count). The van der Waals surface area contributed by atoms with Crippen LogP contribution in [0.1, 0.15) is 13.3 Å². The highest BCUT2D eigenvalue weighted by atomic mass is 16.8. The zero-order valence-electron chi connectivity index (χ0n) is 7.88. The van der Waals surface area contributed by atoms with E-state index in [0.717, 1.165) is 5.69 Å². The number of hydrogen-bond acceptors (Lipinski definition) is 5. The van der Waals surface area contributed by atoms with Gasteiger partial charge in [-0.3, -0.25) is 10.4 Å². The molecule has 1 atom stereocenters. The Morgan fingerprint density at radius 2 is 1.86 bits per heavy atom. The fourth-order valence-corrected chi connectivity index (χ4v) is 0.985. The molecular weight excluding hydrogens is 184 g/mol. The molecule has 0 aliphatic rings. The van der Waals surface area contributed by atoms with Crippen LogP contribution in [-0.2, 0) is 0 Å². The third-order valence-corrected chi connectivity index (χ3v) is 1.82. The topological polar surface area (TPSA) is 76.0 Å². The van der Waals surface area contributed by atoms with Crippen molar-refractivity contribution < 1.29 is 15.5 Å². The molecule has 0 bridgehead atoms. The van der Waals surface area contributed by atoms with Crippen molar-refractivity contribution in [1.29, 1.82) is 0 Å². The summed E-state index contributed by atoms with van der Waals surface area (Å²) in [6.07, 6.45) is 0.0219. The van der Waals surface area contributed by atoms with Gasteiger partial charge in [-0.15, -0.1) is 5.23 Å². The summed E-state index contributed by atoms with van der Waals surface area (Å²) >= 11 is 0. The molecule has 0 aliphatic heterocycles. The number of rotatable bonds is 4. The lowest BCUT2D eigenvalue weighted by atomic mass is 10.2. The predicted molar refractivity (Wildman–Crippen MR) is 52.4 cm³/mol. The summed E-state index contributed by atoms with van der Waals surface area (Å²) in [5, 5.41) is 29.5. The second-order valence-electron chi connectivity index (χ2n) is 2.90. The second-order valence-corrected chi connectivity index (χ2v) is 2.90. The van der Waals surface area contributed by atoms with E-state index in [4.69, 9.17) is 10.4 Å². The van der Waals surface area contributed by atoms with Crippen molar-refractivity contribution >= 4 is 11.4 Å². The number of nitrogens with zero attached hydrogens (tertiary/aromatic N) is 1. The van der Waals surface area contributed by atoms with E-state index in [0.29, 0.717) is 6.42 Å². The first kappa shape index (κ1) is 10.8. The van der Waals surface area contributed by atoms with E-state index in [1.807, 2.05) is 6.92 Å². The van der Waals surface area contributed by atoms with Gasteiger partial charge in [-0.2, -0.15) is 0 Å². The quantitative estimate of drug-likeness (QED) is 0.435. The Bertz CT molecular complexity index is 274. The average Bonchev–Trinajstić information content (AvgIpc) is 2.18. The predicted octanol–water partition coefficient (Wildman–Crippen LogP) is 1.41. The lowest BCUT2D eigenvalue weighted by Crippen LogP contribution is -2.17. The van der Waals surface area contributed by atoms with Gasteiger partial charge in [0.2, 0.25) is 0 Å². The maximum atomic E-state index is 9.27. The van der Waals surface area contributed by atoms with Gasteiger partial charge in [0.05, 0.1) is 5.69 Å². The van der Waals surface area contributed by atoms with Crippen LogP contribution in [0.25, 0.3) is 0 Å². The summed E-state index contributed by atoms with van der Waals surface area (Å²) in [7, 11) is 0. The minimum absolute atomic E-state index is 0.0417. The van der Waals surface area contributed by atoms with Crippen LogP contribution in [0.4, 0.5) is 11.4 Å². The monoisotopic (exact) mass is 198 g/mol. The van der Waals surface area contributed by atoms with Gasteiger partial charge < -0.3 is 10.4 Å². The van der Waals surface area contributed by atoms with Gasteiger partial charge in [0.1, 0.15) is 6.23 Å². The van der Waals surface area contributed by atoms with Crippen molar-refractivity contribution in [2.45, 2.75) is 19.6 Å². The summed E-state index contributed by atoms with van der Waals surface area (Å²) in [5.41, 5.74) is 0.992. The summed E-state index contributed by atoms with van der Waals surface area (Å²) in [4.78, 5) is 0. The summed E-state index contributed by atoms with van der Waals surface area (Å²) in [5.74, 6) is 0. The van der Waals surface area contributed by atoms with Crippen LogP contribution in [0, 0.1) is 0 Å². The Kier molecular flexibility index (Phi) is 3.70. The van der Waals surface area contributed by atoms with Gasteiger partial charge in [0.25, 0.3) is 0 Å². The van der Waals surface area contributed by atoms with Gasteiger partial charge in [-0.25, -0.2) is 0 Å². The van der Waals surface area contributed by atoms with Crippen LogP contribution >= 0.6 is 0 Å². The largest absolute Gasteiger partial charge is 0.374 e. The third kappa shape index (κ3) is 2.88. The lowest BCUT2D eigenvalue weighted by Gasteiger charge is -2.13. The second kappa shape index (κ2) is 4.80. The first-order valence-corrected chi connectivity index (χ1v) is 4.36. The number of aliphatic hydroxyl groups is 1. The number of hydrogen-bond donors (Lipinski definition) is 4. The average molecular weight is 198 g/mol. The van der Waals surface area contributed by atoms with Crippen molar-refractivity contribution in [3.63, 3.8) is 0 Å². The molecule has 0 saturated heterocycles. The third-order valence-electron chi connectivity index (χ3n) is 1.82. The molecule has 1 aromatic carbocycles. The molecule has 0 amide bonds. The van der Waals surface area contributed by atoms with Crippen LogP contribution < -0.4 is 10.5 Å². The van der Waals surface area contributed by atoms with Crippen LogP contribution in [0.15, 0.2) is 24.3 Å². The molecule has 1 aromatic rings. The molecule has 0 fully saturated rings. The maximum Gasteiger partial charge on any atom is 0.124 e. The number of anilines is 2. The Morgan fingerprint density at radius 3 is 2.29 bits per heavy atom. The summed E-state index contributed by atoms with van der Waals surface area (Å²) < 4.78 is 0. The molecule has 14 heavy (non-hydrogen) atoms. The Labute approximate surface area is 82.1 Å². The molecule has 0 radical (unpaired) electrons. The van der Waals surface area contributed by atoms with E-state index in [-0.39, 0.29) is 10.9 Å². The van der Waals surface area contributed by atoms with Crippen molar-refractivity contribution in [1.82, 2.24) is 0 Å². The van der Waals surface area contributed by atoms with Crippen LogP contribution in [0.2, 0.25) is 0 Å². The number of nitrogens with one attached hydrogen (secondary N) is 1. The molecule has 0 spiro atoms. The van der Waals surface area contributed by atoms with Gasteiger partial charge in [0, 0.05) is 5.69 Å². The minimum Gasteiger partial charge on any atom is -0.374 e. The Balaban J connectivity index is 2.64. The van der Waals surface area contributed by atoms with E-state index < -0.39 is 6.23 Å². The van der Waals surface area contributed by atoms with Gasteiger partial charge in [-0.1, -0.05) is 6.92 Å². The summed E-state index contributed by atoms with van der Waals surface area (Å²) in [6, 6.07) is 6.33. The normalized spacial score (nSPS) is 12.3. The highest BCUT2D eigenvalue weighted by Crippen LogP contribution is 2.15. The van der Waals surface area contributed by atoms with Crippen LogP contribution in [0.3, 0.4) is 0 Å². The smallest absolute Gasteiger partial charge is 0.124 e. The molecule has 4 N–H and O–H groups in total. The molecular formula is C9H14N2O3. The van der Waals surface area contributed by atoms with E-state index in [1.54, 1.807) is 12.1 Å².